The third-order valence-electron chi connectivity index (χ3n) is 3.40. The van der Waals surface area contributed by atoms with E-state index in [4.69, 9.17) is 23.1 Å². The predicted octanol–water partition coefficient (Wildman–Crippen LogP) is 1.71. The fraction of sp³-hybridized carbons (Fsp3) is 0.417. The van der Waals surface area contributed by atoms with Gasteiger partial charge in [0.25, 0.3) is 0 Å². The second-order valence-electron chi connectivity index (χ2n) is 4.84. The number of halogens is 2. The lowest BCUT2D eigenvalue weighted by Gasteiger charge is -2.32. The van der Waals surface area contributed by atoms with Gasteiger partial charge in [-0.15, -0.1) is 0 Å². The Balaban J connectivity index is 2.53. The quantitative estimate of drug-likeness (QED) is 0.758. The van der Waals surface area contributed by atoms with Crippen LogP contribution in [0.2, 0.25) is 5.02 Å². The molecule has 21 heavy (non-hydrogen) atoms. The van der Waals surface area contributed by atoms with Crippen molar-refractivity contribution in [3.05, 3.63) is 21.6 Å². The summed E-state index contributed by atoms with van der Waals surface area (Å²) in [5, 5.41) is 0.210. The maximum Gasteiger partial charge on any atom is 0.245 e. The first-order chi connectivity index (χ1) is 9.75. The molecule has 0 radical (unpaired) electrons. The molecule has 4 N–H and O–H groups in total. The summed E-state index contributed by atoms with van der Waals surface area (Å²) in [5.41, 5.74) is 11.3. The van der Waals surface area contributed by atoms with Gasteiger partial charge in [-0.1, -0.05) is 18.0 Å². The Morgan fingerprint density at radius 1 is 1.38 bits per heavy atom. The second kappa shape index (κ2) is 6.12. The maximum atomic E-state index is 12.8. The van der Waals surface area contributed by atoms with Crippen molar-refractivity contribution in [1.29, 1.82) is 0 Å². The number of nitrogens with zero attached hydrogens (tertiary/aromatic N) is 1. The fourth-order valence-corrected chi connectivity index (χ4v) is 5.30. The van der Waals surface area contributed by atoms with Gasteiger partial charge in [-0.05, 0) is 40.9 Å². The number of primary amides is 1. The molecular weight excluding hydrogens is 382 g/mol. The van der Waals surface area contributed by atoms with Crippen molar-refractivity contribution in [2.75, 3.05) is 12.3 Å². The number of hydrogen-bond donors (Lipinski definition) is 2. The minimum absolute atomic E-state index is 0.0550. The highest BCUT2D eigenvalue weighted by Gasteiger charge is 2.37. The highest BCUT2D eigenvalue weighted by Crippen LogP contribution is 2.35. The molecule has 1 amide bonds. The molecule has 2 rings (SSSR count). The molecule has 0 saturated carbocycles. The van der Waals surface area contributed by atoms with Crippen LogP contribution in [0.3, 0.4) is 0 Å². The first kappa shape index (κ1) is 16.5. The molecule has 0 bridgehead atoms. The van der Waals surface area contributed by atoms with Gasteiger partial charge in [0, 0.05) is 17.3 Å². The van der Waals surface area contributed by atoms with Crippen LogP contribution in [0, 0.1) is 0 Å². The van der Waals surface area contributed by atoms with E-state index < -0.39 is 22.0 Å². The van der Waals surface area contributed by atoms with Crippen molar-refractivity contribution in [3.8, 4) is 0 Å². The number of amides is 1. The first-order valence-corrected chi connectivity index (χ1v) is 8.92. The average Bonchev–Trinajstić information content (AvgIpc) is 2.42. The molecule has 1 heterocycles. The Hall–Kier alpha value is -0.830. The highest BCUT2D eigenvalue weighted by atomic mass is 79.9. The van der Waals surface area contributed by atoms with Crippen LogP contribution >= 0.6 is 27.5 Å². The van der Waals surface area contributed by atoms with Crippen LogP contribution < -0.4 is 11.5 Å². The molecule has 0 aliphatic carbocycles. The van der Waals surface area contributed by atoms with Crippen molar-refractivity contribution < 1.29 is 13.2 Å². The lowest BCUT2D eigenvalue weighted by atomic mass is 10.0. The summed E-state index contributed by atoms with van der Waals surface area (Å²) in [5.74, 6) is -0.649. The van der Waals surface area contributed by atoms with Crippen LogP contribution in [0.5, 0.6) is 0 Å². The second-order valence-corrected chi connectivity index (χ2v) is 7.93. The minimum atomic E-state index is -3.91. The Bertz CT molecular complexity index is 681. The van der Waals surface area contributed by atoms with Crippen molar-refractivity contribution >= 4 is 49.1 Å². The minimum Gasteiger partial charge on any atom is -0.398 e. The Kier molecular flexibility index (Phi) is 4.82. The van der Waals surface area contributed by atoms with E-state index in [-0.39, 0.29) is 26.6 Å². The lowest BCUT2D eigenvalue weighted by Crippen LogP contribution is -2.50. The van der Waals surface area contributed by atoms with Crippen LogP contribution in [-0.2, 0) is 14.8 Å². The largest absolute Gasteiger partial charge is 0.398 e. The van der Waals surface area contributed by atoms with E-state index in [9.17, 15) is 13.2 Å². The van der Waals surface area contributed by atoms with Gasteiger partial charge >= 0.3 is 0 Å². The topological polar surface area (TPSA) is 106 Å². The zero-order chi connectivity index (χ0) is 15.8. The summed E-state index contributed by atoms with van der Waals surface area (Å²) in [6.07, 6.45) is 1.86. The summed E-state index contributed by atoms with van der Waals surface area (Å²) >= 11 is 9.06. The van der Waals surface area contributed by atoms with Gasteiger partial charge < -0.3 is 11.5 Å². The number of piperidine rings is 1. The van der Waals surface area contributed by atoms with E-state index in [1.54, 1.807) is 0 Å². The van der Waals surface area contributed by atoms with Crippen molar-refractivity contribution in [2.45, 2.75) is 30.2 Å². The molecule has 1 saturated heterocycles. The summed E-state index contributed by atoms with van der Waals surface area (Å²) in [6, 6.07) is 1.92. The molecule has 1 aliphatic heterocycles. The number of carbonyl (C=O) groups is 1. The molecule has 1 unspecified atom stereocenters. The third-order valence-corrected chi connectivity index (χ3v) is 6.70. The van der Waals surface area contributed by atoms with E-state index in [1.807, 2.05) is 0 Å². The predicted molar refractivity (Wildman–Crippen MR) is 84.3 cm³/mol. The molecule has 1 atom stereocenters. The van der Waals surface area contributed by atoms with Crippen molar-refractivity contribution in [3.63, 3.8) is 0 Å². The summed E-state index contributed by atoms with van der Waals surface area (Å²) in [4.78, 5) is 11.5. The van der Waals surface area contributed by atoms with Crippen LogP contribution in [0.1, 0.15) is 19.3 Å². The number of benzene rings is 1. The number of rotatable bonds is 3. The number of carbonyl (C=O) groups excluding carboxylic acids is 1. The Morgan fingerprint density at radius 3 is 2.67 bits per heavy atom. The fourth-order valence-electron chi connectivity index (χ4n) is 2.38. The average molecular weight is 397 g/mol. The van der Waals surface area contributed by atoms with Gasteiger partial charge in [0.1, 0.15) is 6.04 Å². The standard InChI is InChI=1S/C12H15BrClN3O3S/c13-11-8(15)5-7(14)6-10(11)21(19,20)17-4-2-1-3-9(17)12(16)18/h5-6,9H,1-4,15H2,(H2,16,18). The van der Waals surface area contributed by atoms with Gasteiger partial charge in [0.05, 0.1) is 9.37 Å². The van der Waals surface area contributed by atoms with Gasteiger partial charge in [-0.2, -0.15) is 4.31 Å². The highest BCUT2D eigenvalue weighted by molar-refractivity contribution is 9.10. The molecule has 0 aromatic heterocycles. The molecule has 9 heteroatoms. The Labute approximate surface area is 136 Å². The summed E-state index contributed by atoms with van der Waals surface area (Å²) in [6.45, 7) is 0.245. The molecular formula is C12H15BrClN3O3S. The number of hydrogen-bond acceptors (Lipinski definition) is 4. The monoisotopic (exact) mass is 395 g/mol. The Morgan fingerprint density at radius 2 is 2.05 bits per heavy atom. The van der Waals surface area contributed by atoms with E-state index >= 15 is 0 Å². The maximum absolute atomic E-state index is 12.8. The zero-order valence-electron chi connectivity index (χ0n) is 11.1. The number of nitrogen functional groups attached to an aromatic ring is 1. The van der Waals surface area contributed by atoms with E-state index in [0.29, 0.717) is 12.8 Å². The van der Waals surface area contributed by atoms with Crippen molar-refractivity contribution in [2.24, 2.45) is 5.73 Å². The molecule has 1 aromatic carbocycles. The normalized spacial score (nSPS) is 20.4. The van der Waals surface area contributed by atoms with E-state index in [1.165, 1.54) is 12.1 Å². The molecule has 0 spiro atoms. The number of anilines is 1. The lowest BCUT2D eigenvalue weighted by molar-refractivity contribution is -0.122. The zero-order valence-corrected chi connectivity index (χ0v) is 14.2. The number of sulfonamides is 1. The van der Waals surface area contributed by atoms with Gasteiger partial charge in [-0.25, -0.2) is 8.42 Å². The van der Waals surface area contributed by atoms with Crippen molar-refractivity contribution in [1.82, 2.24) is 4.31 Å². The number of nitrogens with two attached hydrogens (primary N) is 2. The van der Waals surface area contributed by atoms with Gasteiger partial charge in [0.2, 0.25) is 15.9 Å². The molecule has 116 valence electrons. The molecule has 1 aromatic rings. The van der Waals surface area contributed by atoms with Gasteiger partial charge in [-0.3, -0.25) is 4.79 Å². The smallest absolute Gasteiger partial charge is 0.245 e. The van der Waals surface area contributed by atoms with Crippen LogP contribution in [0.15, 0.2) is 21.5 Å². The molecule has 6 nitrogen and oxygen atoms in total. The van der Waals surface area contributed by atoms with E-state index in [0.717, 1.165) is 10.7 Å². The van der Waals surface area contributed by atoms with Crippen LogP contribution in [0.25, 0.3) is 0 Å². The third kappa shape index (κ3) is 3.18. The molecule has 1 fully saturated rings. The van der Waals surface area contributed by atoms with Crippen LogP contribution in [0.4, 0.5) is 5.69 Å². The summed E-state index contributed by atoms with van der Waals surface area (Å²) < 4.78 is 27.0. The SMILES string of the molecule is NC(=O)C1CCCCN1S(=O)(=O)c1cc(Cl)cc(N)c1Br. The van der Waals surface area contributed by atoms with Gasteiger partial charge in [0.15, 0.2) is 0 Å². The van der Waals surface area contributed by atoms with Crippen LogP contribution in [-0.4, -0.2) is 31.2 Å². The summed E-state index contributed by atoms with van der Waals surface area (Å²) in [7, 11) is -3.91. The first-order valence-electron chi connectivity index (χ1n) is 6.31. The molecule has 1 aliphatic rings. The van der Waals surface area contributed by atoms with E-state index in [2.05, 4.69) is 15.9 Å².